The molecular formula is C25H35N3O5S. The van der Waals surface area contributed by atoms with Crippen LogP contribution in [0.3, 0.4) is 0 Å². The molecule has 2 atom stereocenters. The number of carbonyl (C=O) groups excluding carboxylic acids is 2. The van der Waals surface area contributed by atoms with Crippen molar-refractivity contribution in [1.82, 2.24) is 14.5 Å². The number of methoxy groups -OCH3 is 1. The molecule has 0 aliphatic carbocycles. The Balaban J connectivity index is 2.27. The van der Waals surface area contributed by atoms with Crippen LogP contribution in [0.4, 0.5) is 0 Å². The fourth-order valence-electron chi connectivity index (χ4n) is 3.23. The largest absolute Gasteiger partial charge is 0.497 e. The molecule has 2 aromatic rings. The van der Waals surface area contributed by atoms with Crippen molar-refractivity contribution in [3.05, 3.63) is 59.7 Å². The summed E-state index contributed by atoms with van der Waals surface area (Å²) in [6.07, 6.45) is 0.752. The number of nitrogens with one attached hydrogen (secondary N) is 1. The summed E-state index contributed by atoms with van der Waals surface area (Å²) in [7, 11) is -0.937. The summed E-state index contributed by atoms with van der Waals surface area (Å²) < 4.78 is 32.2. The Labute approximate surface area is 202 Å². The maximum absolute atomic E-state index is 13.3. The maximum Gasteiger partial charge on any atom is 0.243 e. The van der Waals surface area contributed by atoms with Crippen LogP contribution >= 0.6 is 0 Å². The van der Waals surface area contributed by atoms with Crippen molar-refractivity contribution in [2.24, 2.45) is 0 Å². The number of hydrogen-bond acceptors (Lipinski definition) is 5. The Hall–Kier alpha value is -2.91. The lowest BCUT2D eigenvalue weighted by molar-refractivity contribution is -0.140. The van der Waals surface area contributed by atoms with Crippen molar-refractivity contribution in [1.29, 1.82) is 0 Å². The Bertz CT molecular complexity index is 1070. The lowest BCUT2D eigenvalue weighted by Crippen LogP contribution is -2.51. The zero-order valence-electron chi connectivity index (χ0n) is 20.7. The summed E-state index contributed by atoms with van der Waals surface area (Å²) in [5.41, 5.74) is 1.73. The van der Waals surface area contributed by atoms with E-state index in [4.69, 9.17) is 4.74 Å². The molecule has 0 aliphatic rings. The van der Waals surface area contributed by atoms with Crippen molar-refractivity contribution in [2.75, 3.05) is 20.7 Å². The third-order valence-electron chi connectivity index (χ3n) is 5.77. The van der Waals surface area contributed by atoms with Gasteiger partial charge in [-0.1, -0.05) is 36.8 Å². The van der Waals surface area contributed by atoms with Crippen LogP contribution in [0.5, 0.6) is 5.75 Å². The molecule has 8 nitrogen and oxygen atoms in total. The van der Waals surface area contributed by atoms with Gasteiger partial charge in [0.15, 0.2) is 0 Å². The summed E-state index contributed by atoms with van der Waals surface area (Å²) in [5.74, 6) is -0.0887. The van der Waals surface area contributed by atoms with E-state index in [0.29, 0.717) is 5.75 Å². The van der Waals surface area contributed by atoms with Crippen LogP contribution in [0.15, 0.2) is 53.4 Å². The number of rotatable bonds is 11. The van der Waals surface area contributed by atoms with Gasteiger partial charge in [0.1, 0.15) is 11.8 Å². The number of amides is 2. The number of ether oxygens (including phenoxy) is 1. The maximum atomic E-state index is 13.3. The van der Waals surface area contributed by atoms with Crippen LogP contribution in [0.25, 0.3) is 0 Å². The molecule has 9 heteroatoms. The molecule has 0 spiro atoms. The van der Waals surface area contributed by atoms with Crippen LogP contribution in [-0.4, -0.2) is 62.2 Å². The van der Waals surface area contributed by atoms with Crippen molar-refractivity contribution in [3.63, 3.8) is 0 Å². The average molecular weight is 490 g/mol. The number of aryl methyl sites for hydroxylation is 1. The highest BCUT2D eigenvalue weighted by Crippen LogP contribution is 2.18. The summed E-state index contributed by atoms with van der Waals surface area (Å²) in [6.45, 7) is 7.12. The molecule has 1 N–H and O–H groups in total. The van der Waals surface area contributed by atoms with Crippen molar-refractivity contribution in [3.8, 4) is 5.75 Å². The smallest absolute Gasteiger partial charge is 0.243 e. The molecule has 186 valence electrons. The summed E-state index contributed by atoms with van der Waals surface area (Å²) in [5, 5.41) is 2.90. The van der Waals surface area contributed by atoms with Gasteiger partial charge in [-0.3, -0.25) is 9.59 Å². The van der Waals surface area contributed by atoms with Crippen LogP contribution in [0.1, 0.15) is 38.3 Å². The van der Waals surface area contributed by atoms with Crippen molar-refractivity contribution < 1.29 is 22.7 Å². The number of likely N-dealkylation sites (N-methyl/N-ethyl adjacent to an activating group) is 1. The van der Waals surface area contributed by atoms with E-state index in [1.165, 1.54) is 24.1 Å². The van der Waals surface area contributed by atoms with E-state index < -0.39 is 28.5 Å². The Morgan fingerprint density at radius 1 is 1.03 bits per heavy atom. The molecule has 0 saturated heterocycles. The van der Waals surface area contributed by atoms with Crippen LogP contribution in [0.2, 0.25) is 0 Å². The second kappa shape index (κ2) is 12.0. The first-order valence-electron chi connectivity index (χ1n) is 11.2. The van der Waals surface area contributed by atoms with Gasteiger partial charge in [0.05, 0.1) is 18.6 Å². The first-order chi connectivity index (χ1) is 16.0. The highest BCUT2D eigenvalue weighted by molar-refractivity contribution is 7.89. The lowest BCUT2D eigenvalue weighted by Gasteiger charge is -2.31. The molecule has 0 fully saturated rings. The third kappa shape index (κ3) is 7.04. The zero-order valence-corrected chi connectivity index (χ0v) is 21.6. The fourth-order valence-corrected chi connectivity index (χ4v) is 4.35. The first kappa shape index (κ1) is 27.3. The monoisotopic (exact) mass is 489 g/mol. The van der Waals surface area contributed by atoms with Crippen molar-refractivity contribution in [2.45, 2.75) is 57.6 Å². The average Bonchev–Trinajstić information content (AvgIpc) is 2.82. The molecule has 2 amide bonds. The minimum atomic E-state index is -3.87. The summed E-state index contributed by atoms with van der Waals surface area (Å²) in [4.78, 5) is 27.7. The number of benzene rings is 2. The van der Waals surface area contributed by atoms with E-state index in [1.807, 2.05) is 32.9 Å². The predicted molar refractivity (Wildman–Crippen MR) is 132 cm³/mol. The van der Waals surface area contributed by atoms with Gasteiger partial charge in [-0.25, -0.2) is 8.42 Å². The second-order valence-electron chi connectivity index (χ2n) is 8.44. The van der Waals surface area contributed by atoms with Gasteiger partial charge < -0.3 is 15.0 Å². The first-order valence-corrected chi connectivity index (χ1v) is 12.7. The second-order valence-corrected chi connectivity index (χ2v) is 10.5. The van der Waals surface area contributed by atoms with Gasteiger partial charge in [-0.2, -0.15) is 4.31 Å². The number of hydrogen-bond donors (Lipinski definition) is 1. The highest BCUT2D eigenvalue weighted by Gasteiger charge is 2.30. The van der Waals surface area contributed by atoms with E-state index in [9.17, 15) is 18.0 Å². The van der Waals surface area contributed by atoms with Crippen LogP contribution in [-0.2, 0) is 26.2 Å². The molecule has 0 saturated carbocycles. The van der Waals surface area contributed by atoms with Crippen molar-refractivity contribution >= 4 is 21.8 Å². The Kier molecular flexibility index (Phi) is 9.64. The predicted octanol–water partition coefficient (Wildman–Crippen LogP) is 2.96. The molecule has 0 heterocycles. The molecular weight excluding hydrogens is 454 g/mol. The number of sulfonamides is 1. The van der Waals surface area contributed by atoms with E-state index in [1.54, 1.807) is 38.3 Å². The standard InChI is InChI=1S/C25H35N3O5S/c1-7-19(3)26-25(30)20(4)28(16-21-10-12-22(33-6)13-11-21)24(29)17-27(5)34(31,32)23-14-8-18(2)9-15-23/h8-15,19-20H,7,16-17H2,1-6H3,(H,26,30)/t19-,20+/m0/s1. The normalized spacial score (nSPS) is 13.3. The SMILES string of the molecule is CC[C@H](C)NC(=O)[C@@H](C)N(Cc1ccc(OC)cc1)C(=O)CN(C)S(=O)(=O)c1ccc(C)cc1. The van der Waals surface area contributed by atoms with E-state index in [0.717, 1.165) is 21.9 Å². The molecule has 34 heavy (non-hydrogen) atoms. The fraction of sp³-hybridized carbons (Fsp3) is 0.440. The third-order valence-corrected chi connectivity index (χ3v) is 7.59. The Morgan fingerprint density at radius 3 is 2.15 bits per heavy atom. The quantitative estimate of drug-likeness (QED) is 0.524. The number of nitrogens with zero attached hydrogens (tertiary/aromatic N) is 2. The van der Waals surface area contributed by atoms with Gasteiger partial charge >= 0.3 is 0 Å². The summed E-state index contributed by atoms with van der Waals surface area (Å²) in [6, 6.07) is 12.8. The Morgan fingerprint density at radius 2 is 1.62 bits per heavy atom. The van der Waals surface area contributed by atoms with E-state index in [-0.39, 0.29) is 23.4 Å². The topological polar surface area (TPSA) is 96.0 Å². The van der Waals surface area contributed by atoms with Gasteiger partial charge in [-0.05, 0) is 57.0 Å². The number of carbonyl (C=O) groups is 2. The zero-order chi connectivity index (χ0) is 25.5. The molecule has 0 radical (unpaired) electrons. The summed E-state index contributed by atoms with van der Waals surface area (Å²) >= 11 is 0. The molecule has 2 aromatic carbocycles. The van der Waals surface area contributed by atoms with E-state index >= 15 is 0 Å². The molecule has 0 aromatic heterocycles. The van der Waals surface area contributed by atoms with Gasteiger partial charge in [0.25, 0.3) is 0 Å². The van der Waals surface area contributed by atoms with Crippen LogP contribution in [0, 0.1) is 6.92 Å². The molecule has 0 bridgehead atoms. The lowest BCUT2D eigenvalue weighted by atomic mass is 10.1. The van der Waals surface area contributed by atoms with Gasteiger partial charge in [-0.15, -0.1) is 0 Å². The van der Waals surface area contributed by atoms with Gasteiger partial charge in [0.2, 0.25) is 21.8 Å². The molecule has 0 unspecified atom stereocenters. The van der Waals surface area contributed by atoms with Gasteiger partial charge in [0, 0.05) is 19.6 Å². The van der Waals surface area contributed by atoms with Crippen LogP contribution < -0.4 is 10.1 Å². The minimum absolute atomic E-state index is 0.0440. The minimum Gasteiger partial charge on any atom is -0.497 e. The molecule has 0 aliphatic heterocycles. The molecule has 2 rings (SSSR count). The van der Waals surface area contributed by atoms with E-state index in [2.05, 4.69) is 5.32 Å². The highest BCUT2D eigenvalue weighted by atomic mass is 32.2.